The molecule has 2 saturated heterocycles. The van der Waals surface area contributed by atoms with Crippen molar-refractivity contribution in [3.05, 3.63) is 70.8 Å². The number of fused-ring (bicyclic) bond motifs is 2. The van der Waals surface area contributed by atoms with Crippen molar-refractivity contribution >= 4 is 11.9 Å². The molecule has 0 saturated carbocycles. The van der Waals surface area contributed by atoms with Crippen LogP contribution in [0.5, 0.6) is 0 Å². The number of nitrogens with zero attached hydrogens (tertiary/aromatic N) is 1. The highest BCUT2D eigenvalue weighted by atomic mass is 16.6. The van der Waals surface area contributed by atoms with E-state index in [9.17, 15) is 9.59 Å². The Kier molecular flexibility index (Phi) is 5.70. The smallest absolute Gasteiger partial charge is 0.410 e. The maximum atomic E-state index is 13.2. The summed E-state index contributed by atoms with van der Waals surface area (Å²) in [5.41, 5.74) is 4.04. The van der Waals surface area contributed by atoms with Crippen molar-refractivity contribution in [2.75, 3.05) is 0 Å². The molecule has 0 N–H and O–H groups in total. The molecular weight excluding hydrogens is 362 g/mol. The van der Waals surface area contributed by atoms with Crippen molar-refractivity contribution in [2.45, 2.75) is 64.6 Å². The lowest BCUT2D eigenvalue weighted by Gasteiger charge is -2.47. The van der Waals surface area contributed by atoms with Crippen LogP contribution in [-0.2, 0) is 11.3 Å². The summed E-state index contributed by atoms with van der Waals surface area (Å²) in [6.07, 6.45) is 4.26. The molecule has 0 spiro atoms. The van der Waals surface area contributed by atoms with Gasteiger partial charge in [0.1, 0.15) is 6.61 Å². The number of ketones is 1. The molecule has 4 rings (SSSR count). The Labute approximate surface area is 172 Å². The van der Waals surface area contributed by atoms with Gasteiger partial charge in [0.2, 0.25) is 0 Å². The lowest BCUT2D eigenvalue weighted by atomic mass is 9.75. The summed E-state index contributed by atoms with van der Waals surface area (Å²) in [6, 6.07) is 16.0. The Morgan fingerprint density at radius 1 is 0.966 bits per heavy atom. The minimum atomic E-state index is -0.235. The van der Waals surface area contributed by atoms with Crippen LogP contribution in [0, 0.1) is 19.8 Å². The summed E-state index contributed by atoms with van der Waals surface area (Å²) >= 11 is 0. The van der Waals surface area contributed by atoms with Crippen molar-refractivity contribution in [2.24, 2.45) is 5.92 Å². The molecule has 0 radical (unpaired) electrons. The fraction of sp³-hybridized carbons (Fsp3) is 0.440. The van der Waals surface area contributed by atoms with Gasteiger partial charge in [-0.2, -0.15) is 0 Å². The van der Waals surface area contributed by atoms with Crippen molar-refractivity contribution in [3.8, 4) is 0 Å². The number of piperidine rings is 2. The van der Waals surface area contributed by atoms with E-state index in [1.165, 1.54) is 0 Å². The molecule has 2 aliphatic heterocycles. The molecule has 2 aromatic carbocycles. The fourth-order valence-corrected chi connectivity index (χ4v) is 5.04. The number of hydrogen-bond acceptors (Lipinski definition) is 3. The molecule has 0 aliphatic carbocycles. The Bertz CT molecular complexity index is 858. The number of carbonyl (C=O) groups is 2. The molecule has 4 heteroatoms. The molecule has 2 bridgehead atoms. The number of Topliss-reactive ketones (excluding diaryl/α,β-unsaturated/α-hetero) is 1. The van der Waals surface area contributed by atoms with Crippen LogP contribution in [0.2, 0.25) is 0 Å². The van der Waals surface area contributed by atoms with Gasteiger partial charge in [0.25, 0.3) is 0 Å². The van der Waals surface area contributed by atoms with Crippen LogP contribution >= 0.6 is 0 Å². The average molecular weight is 392 g/mol. The second-order valence-electron chi connectivity index (χ2n) is 8.59. The summed E-state index contributed by atoms with van der Waals surface area (Å²) in [4.78, 5) is 28.0. The van der Waals surface area contributed by atoms with Crippen LogP contribution in [0.3, 0.4) is 0 Å². The van der Waals surface area contributed by atoms with Gasteiger partial charge in [-0.25, -0.2) is 4.79 Å². The Morgan fingerprint density at radius 3 is 2.21 bits per heavy atom. The summed E-state index contributed by atoms with van der Waals surface area (Å²) in [7, 11) is 0. The van der Waals surface area contributed by atoms with Gasteiger partial charge in [-0.05, 0) is 63.6 Å². The molecule has 1 amide bonds. The van der Waals surface area contributed by atoms with E-state index in [0.29, 0.717) is 6.61 Å². The first-order valence-electron chi connectivity index (χ1n) is 10.6. The van der Waals surface area contributed by atoms with E-state index in [4.69, 9.17) is 4.74 Å². The van der Waals surface area contributed by atoms with E-state index < -0.39 is 0 Å². The SMILES string of the molecule is Cc1cc(C)cc(C(=O)C2CC3CCCC(C2)N3C(=O)OCc2ccccc2)c1. The first-order valence-corrected chi connectivity index (χ1v) is 10.6. The first-order chi connectivity index (χ1) is 14.0. The van der Waals surface area contributed by atoms with Gasteiger partial charge in [0.05, 0.1) is 0 Å². The molecule has 4 nitrogen and oxygen atoms in total. The van der Waals surface area contributed by atoms with Crippen LogP contribution in [-0.4, -0.2) is 28.9 Å². The van der Waals surface area contributed by atoms with Crippen LogP contribution in [0.4, 0.5) is 4.79 Å². The Hall–Kier alpha value is -2.62. The van der Waals surface area contributed by atoms with Gasteiger partial charge in [0, 0.05) is 23.6 Å². The summed E-state index contributed by atoms with van der Waals surface area (Å²) in [6.45, 7) is 4.36. The van der Waals surface area contributed by atoms with E-state index in [0.717, 1.165) is 54.4 Å². The summed E-state index contributed by atoms with van der Waals surface area (Å²) in [5, 5.41) is 0. The molecule has 2 heterocycles. The third-order valence-corrected chi connectivity index (χ3v) is 6.27. The molecule has 2 atom stereocenters. The van der Waals surface area contributed by atoms with Gasteiger partial charge in [-0.3, -0.25) is 4.79 Å². The van der Waals surface area contributed by atoms with Crippen LogP contribution in [0.25, 0.3) is 0 Å². The van der Waals surface area contributed by atoms with Crippen LogP contribution < -0.4 is 0 Å². The predicted octanol–water partition coefficient (Wildman–Crippen LogP) is 5.46. The zero-order valence-electron chi connectivity index (χ0n) is 17.3. The third kappa shape index (κ3) is 4.36. The van der Waals surface area contributed by atoms with Gasteiger partial charge in [-0.15, -0.1) is 0 Å². The second kappa shape index (κ2) is 8.40. The van der Waals surface area contributed by atoms with Crippen LogP contribution in [0.1, 0.15) is 59.2 Å². The third-order valence-electron chi connectivity index (χ3n) is 6.27. The molecule has 2 aromatic rings. The number of carbonyl (C=O) groups excluding carboxylic acids is 2. The van der Waals surface area contributed by atoms with Crippen molar-refractivity contribution in [1.82, 2.24) is 4.90 Å². The number of amides is 1. The quantitative estimate of drug-likeness (QED) is 0.651. The molecule has 2 unspecified atom stereocenters. The number of aryl methyl sites for hydroxylation is 2. The van der Waals surface area contributed by atoms with E-state index in [2.05, 4.69) is 6.07 Å². The lowest BCUT2D eigenvalue weighted by Crippen LogP contribution is -2.55. The topological polar surface area (TPSA) is 46.6 Å². The fourth-order valence-electron chi connectivity index (χ4n) is 5.04. The Morgan fingerprint density at radius 2 is 1.59 bits per heavy atom. The van der Waals surface area contributed by atoms with Gasteiger partial charge < -0.3 is 9.64 Å². The first kappa shape index (κ1) is 19.7. The molecule has 2 fully saturated rings. The summed E-state index contributed by atoms with van der Waals surface area (Å²) < 4.78 is 5.62. The highest BCUT2D eigenvalue weighted by Gasteiger charge is 2.43. The van der Waals surface area contributed by atoms with Gasteiger partial charge in [-0.1, -0.05) is 47.5 Å². The zero-order valence-corrected chi connectivity index (χ0v) is 17.3. The monoisotopic (exact) mass is 391 g/mol. The molecule has 0 aromatic heterocycles. The molecular formula is C25H29NO3. The normalized spacial score (nSPS) is 23.5. The van der Waals surface area contributed by atoms with Crippen molar-refractivity contribution in [3.63, 3.8) is 0 Å². The zero-order chi connectivity index (χ0) is 20.4. The molecule has 29 heavy (non-hydrogen) atoms. The van der Waals surface area contributed by atoms with Gasteiger partial charge in [0.15, 0.2) is 5.78 Å². The minimum absolute atomic E-state index is 0.00956. The summed E-state index contributed by atoms with van der Waals surface area (Å²) in [5.74, 6) is 0.218. The average Bonchev–Trinajstić information content (AvgIpc) is 2.70. The second-order valence-corrected chi connectivity index (χ2v) is 8.59. The highest BCUT2D eigenvalue weighted by molar-refractivity contribution is 5.98. The number of hydrogen-bond donors (Lipinski definition) is 0. The van der Waals surface area contributed by atoms with E-state index in [-0.39, 0.29) is 29.9 Å². The number of rotatable bonds is 4. The maximum Gasteiger partial charge on any atom is 0.410 e. The maximum absolute atomic E-state index is 13.2. The van der Waals surface area contributed by atoms with Gasteiger partial charge >= 0.3 is 6.09 Å². The molecule has 2 aliphatic rings. The number of ether oxygens (including phenoxy) is 1. The predicted molar refractivity (Wildman–Crippen MR) is 113 cm³/mol. The number of benzene rings is 2. The lowest BCUT2D eigenvalue weighted by molar-refractivity contribution is 0.00473. The highest BCUT2D eigenvalue weighted by Crippen LogP contribution is 2.39. The van der Waals surface area contributed by atoms with E-state index >= 15 is 0 Å². The van der Waals surface area contributed by atoms with E-state index in [1.54, 1.807) is 0 Å². The minimum Gasteiger partial charge on any atom is -0.445 e. The van der Waals surface area contributed by atoms with E-state index in [1.807, 2.05) is 61.2 Å². The Balaban J connectivity index is 1.44. The largest absolute Gasteiger partial charge is 0.445 e. The molecule has 152 valence electrons. The van der Waals surface area contributed by atoms with Crippen molar-refractivity contribution in [1.29, 1.82) is 0 Å². The van der Waals surface area contributed by atoms with Crippen molar-refractivity contribution < 1.29 is 14.3 Å². The van der Waals surface area contributed by atoms with Crippen LogP contribution in [0.15, 0.2) is 48.5 Å². The standard InChI is InChI=1S/C25H29NO3/c1-17-11-18(2)13-20(12-17)24(27)21-14-22-9-6-10-23(15-21)26(22)25(28)29-16-19-7-4-3-5-8-19/h3-5,7-8,11-13,21-23H,6,9-10,14-16H2,1-2H3.